The van der Waals surface area contributed by atoms with Gasteiger partial charge in [0.2, 0.25) is 15.7 Å². The summed E-state index contributed by atoms with van der Waals surface area (Å²) < 4.78 is 128. The van der Waals surface area contributed by atoms with Crippen LogP contribution in [0.15, 0.2) is 158 Å². The molecule has 0 aliphatic carbocycles. The predicted octanol–water partition coefficient (Wildman–Crippen LogP) is 17.3. The van der Waals surface area contributed by atoms with E-state index in [9.17, 15) is 24.3 Å². The van der Waals surface area contributed by atoms with Gasteiger partial charge in [0.25, 0.3) is 0 Å². The summed E-state index contributed by atoms with van der Waals surface area (Å²) >= 11 is 14.6. The topological polar surface area (TPSA) is 123 Å². The van der Waals surface area contributed by atoms with Crippen LogP contribution in [0.3, 0.4) is 0 Å². The quantitative estimate of drug-likeness (QED) is 0.0438. The summed E-state index contributed by atoms with van der Waals surface area (Å²) in [5.41, 5.74) is 7.21. The fourth-order valence-corrected chi connectivity index (χ4v) is 8.85. The lowest BCUT2D eigenvalue weighted by Crippen LogP contribution is -2.38. The molecule has 0 unspecified atom stereocenters. The number of carbonyl (C=O) groups is 4. The van der Waals surface area contributed by atoms with Crippen LogP contribution in [0, 0.1) is 17.7 Å². The van der Waals surface area contributed by atoms with Gasteiger partial charge in [0.15, 0.2) is 0 Å². The Morgan fingerprint density at radius 2 is 0.881 bits per heavy atom. The van der Waals surface area contributed by atoms with Crippen molar-refractivity contribution in [3.8, 4) is 11.5 Å². The van der Waals surface area contributed by atoms with E-state index in [1.165, 1.54) is 26.5 Å². The Kier molecular flexibility index (Phi) is 24.7. The number of nitrogens with zero attached hydrogens (tertiary/aromatic N) is 2. The van der Waals surface area contributed by atoms with Gasteiger partial charge in [-0.1, -0.05) is 169 Å². The summed E-state index contributed by atoms with van der Waals surface area (Å²) in [5.74, 6) is -5.22. The first kappa shape index (κ1) is 51.4. The molecule has 10 nitrogen and oxygen atoms in total. The molecular weight excluding hydrogens is 1120 g/mol. The maximum absolute atomic E-state index is 12.4. The number of hydrogen-bond donors (Lipinski definition) is 1. The summed E-state index contributed by atoms with van der Waals surface area (Å²) in [5, 5.41) is 6.44. The minimum absolute atomic E-state index is 0.00530. The SMILES string of the molecule is COC(=O)c1ccc(OCc2ccccc2)c([C@H](CCN(C(C)C)C(C)C)c2ccccc2)c1.[2H]C(C)(C)C(=O)Cl.[2H]C([2H])(O)c1ccc(OCc2ccccc2)c([C@H](CCN(C(C)C)C(C)C)c2ccccc2)c1.[2H]C([2H])([2H])C(C(=O)Cl)C([2H])([2H])[2H].[2H]C([2H])([2H])C([2H])(C(=O)Cl)C([2H])([2H])[2H]. The lowest BCUT2D eigenvalue weighted by molar-refractivity contribution is -0.114. The molecule has 6 aromatic carbocycles. The molecule has 0 amide bonds. The molecule has 0 spiro atoms. The Hall–Kier alpha value is -5.85. The van der Waals surface area contributed by atoms with Gasteiger partial charge < -0.3 is 19.3 Å². The van der Waals surface area contributed by atoms with Gasteiger partial charge in [-0.25, -0.2) is 4.79 Å². The van der Waals surface area contributed by atoms with Crippen molar-refractivity contribution in [1.29, 1.82) is 0 Å². The Labute approximate surface area is 541 Å². The number of rotatable bonds is 25. The molecule has 13 heteroatoms. The molecule has 84 heavy (non-hydrogen) atoms. The van der Waals surface area contributed by atoms with Crippen molar-refractivity contribution >= 4 is 56.5 Å². The summed E-state index contributed by atoms with van der Waals surface area (Å²) in [6, 6.07) is 53.5. The second-order valence-corrected chi connectivity index (χ2v) is 21.7. The first-order chi connectivity index (χ1) is 46.0. The largest absolute Gasteiger partial charge is 0.489 e. The maximum atomic E-state index is 12.4. The van der Waals surface area contributed by atoms with Crippen molar-refractivity contribution in [2.75, 3.05) is 20.2 Å². The molecule has 1 N–H and O–H groups in total. The third-order valence-electron chi connectivity index (χ3n) is 13.0. The molecule has 2 atom stereocenters. The Balaban J connectivity index is 0.000000478. The average molecular weight is 1230 g/mol. The van der Waals surface area contributed by atoms with Crippen LogP contribution in [0.2, 0.25) is 0 Å². The second kappa shape index (κ2) is 40.5. The molecule has 0 saturated carbocycles. The minimum atomic E-state index is -3.27. The van der Waals surface area contributed by atoms with Gasteiger partial charge in [-0.15, -0.1) is 0 Å². The number of carbonyl (C=O) groups excluding carboxylic acids is 4. The molecular formula is C71H95Cl3N2O8. The second-order valence-electron chi connectivity index (χ2n) is 20.7. The van der Waals surface area contributed by atoms with Gasteiger partial charge in [0.1, 0.15) is 24.7 Å². The first-order valence-corrected chi connectivity index (χ1v) is 28.8. The van der Waals surface area contributed by atoms with Crippen molar-refractivity contribution < 1.29 is 60.4 Å². The van der Waals surface area contributed by atoms with E-state index in [2.05, 4.69) is 114 Å². The number of esters is 1. The summed E-state index contributed by atoms with van der Waals surface area (Å²) in [7, 11) is 1.42. The summed E-state index contributed by atoms with van der Waals surface area (Å²) in [6.07, 6.45) is 1.76. The standard InChI is InChI=1S/C30H37NO3.C29H37NO2.3C4H7ClO/c1-22(2)31(23(3)4)19-18-27(25-14-10-7-11-15-25)28-20-26(30(32)33-5)16-17-29(28)34-21-24-12-8-6-9-13-24;1-22(2)30(23(3)4)18-17-27(26-13-9-6-10-14-26)28-19-25(20-31)15-16-29(28)32-21-24-11-7-5-8-12-24;3*1-3(2)4(5)6/h6-17,20,22-23,27H,18-19,21H2,1-5H3;5-16,19,22-23,27,31H,17-18,20-21H2,1-4H3;3*3H,1-2H3/t2*27-;;;/m11.../s1/i;20D2;1D3,2D3,3D;1D3,2D3;3D. The fraction of sp³-hybridized carbons (Fsp3) is 0.437. The minimum Gasteiger partial charge on any atom is -0.489 e. The summed E-state index contributed by atoms with van der Waals surface area (Å²) in [4.78, 5) is 48.5. The Morgan fingerprint density at radius 3 is 1.18 bits per heavy atom. The lowest BCUT2D eigenvalue weighted by Gasteiger charge is -2.32. The number of methoxy groups -OCH3 is 1. The van der Waals surface area contributed by atoms with Crippen LogP contribution in [0.4, 0.5) is 0 Å². The normalized spacial score (nSPS) is 15.5. The highest BCUT2D eigenvalue weighted by Gasteiger charge is 2.25. The molecule has 0 fully saturated rings. The third kappa shape index (κ3) is 27.9. The number of hydrogen-bond acceptors (Lipinski definition) is 10. The lowest BCUT2D eigenvalue weighted by atomic mass is 9.86. The van der Waals surface area contributed by atoms with E-state index in [1.54, 1.807) is 24.3 Å². The van der Waals surface area contributed by atoms with E-state index in [0.29, 0.717) is 48.7 Å². The Bertz CT molecular complexity index is 3400. The third-order valence-corrected chi connectivity index (χ3v) is 13.8. The zero-order valence-corrected chi connectivity index (χ0v) is 52.4. The molecule has 0 aliphatic rings. The van der Waals surface area contributed by atoms with Crippen molar-refractivity contribution in [1.82, 2.24) is 9.80 Å². The van der Waals surface area contributed by atoms with E-state index in [4.69, 9.17) is 70.9 Å². The van der Waals surface area contributed by atoms with E-state index in [0.717, 1.165) is 59.5 Å². The number of halogens is 3. The zero-order chi connectivity index (χ0) is 76.5. The van der Waals surface area contributed by atoms with E-state index in [1.807, 2.05) is 84.9 Å². The van der Waals surface area contributed by atoms with Crippen LogP contribution in [-0.4, -0.2) is 81.0 Å². The highest BCUT2D eigenvalue weighted by atomic mass is 35.5. The van der Waals surface area contributed by atoms with Crippen LogP contribution in [0.5, 0.6) is 11.5 Å². The monoisotopic (exact) mass is 1220 g/mol. The van der Waals surface area contributed by atoms with Crippen LogP contribution in [-0.2, 0) is 38.9 Å². The van der Waals surface area contributed by atoms with Crippen molar-refractivity contribution in [3.05, 3.63) is 202 Å². The number of ether oxygens (including phenoxy) is 3. The van der Waals surface area contributed by atoms with Crippen LogP contribution in [0.1, 0.15) is 193 Å². The van der Waals surface area contributed by atoms with Crippen LogP contribution in [0.25, 0.3) is 0 Å². The van der Waals surface area contributed by atoms with E-state index >= 15 is 0 Å². The van der Waals surface area contributed by atoms with Crippen LogP contribution < -0.4 is 9.47 Å². The molecule has 6 rings (SSSR count). The van der Waals surface area contributed by atoms with Gasteiger partial charge in [0.05, 0.1) is 22.0 Å². The number of aliphatic hydroxyl groups is 1. The van der Waals surface area contributed by atoms with Gasteiger partial charge in [-0.3, -0.25) is 24.2 Å². The molecule has 0 saturated heterocycles. The average Bonchev–Trinajstić information content (AvgIpc) is 0.778. The first-order valence-electron chi connectivity index (χ1n) is 35.7. The van der Waals surface area contributed by atoms with Gasteiger partial charge in [0, 0.05) is 84.0 Å². The fourth-order valence-electron chi connectivity index (χ4n) is 8.85. The summed E-state index contributed by atoms with van der Waals surface area (Å²) in [6.45, 7) is 8.74. The van der Waals surface area contributed by atoms with E-state index in [-0.39, 0.29) is 23.4 Å². The highest BCUT2D eigenvalue weighted by molar-refractivity contribution is 6.64. The smallest absolute Gasteiger partial charge is 0.337 e. The van der Waals surface area contributed by atoms with Crippen LogP contribution >= 0.6 is 34.8 Å². The maximum Gasteiger partial charge on any atom is 0.337 e. The van der Waals surface area contributed by atoms with Crippen molar-refractivity contribution in [2.45, 2.75) is 165 Å². The van der Waals surface area contributed by atoms with Gasteiger partial charge in [-0.05, 0) is 174 Å². The van der Waals surface area contributed by atoms with Gasteiger partial charge >= 0.3 is 5.97 Å². The molecule has 0 radical (unpaired) electrons. The zero-order valence-electron chi connectivity index (χ0n) is 66.1. The predicted molar refractivity (Wildman–Crippen MR) is 349 cm³/mol. The van der Waals surface area contributed by atoms with Crippen molar-refractivity contribution in [3.63, 3.8) is 0 Å². The molecule has 0 bridgehead atoms. The Morgan fingerprint density at radius 1 is 0.500 bits per heavy atom. The molecule has 458 valence electrons. The van der Waals surface area contributed by atoms with Crippen molar-refractivity contribution in [2.24, 2.45) is 17.7 Å². The van der Waals surface area contributed by atoms with E-state index < -0.39 is 67.4 Å². The number of benzene rings is 6. The molecule has 6 aromatic rings. The molecule has 0 aromatic heterocycles. The van der Waals surface area contributed by atoms with Gasteiger partial charge in [-0.2, -0.15) is 0 Å². The molecule has 0 heterocycles. The molecule has 0 aliphatic heterocycles. The highest BCUT2D eigenvalue weighted by Crippen LogP contribution is 2.38.